The highest BCUT2D eigenvalue weighted by atomic mass is 32.1. The Morgan fingerprint density at radius 2 is 1.48 bits per heavy atom. The van der Waals surface area contributed by atoms with Crippen molar-refractivity contribution < 1.29 is 18.8 Å². The van der Waals surface area contributed by atoms with Gasteiger partial charge in [-0.25, -0.2) is 4.39 Å². The molecule has 164 valence electrons. The Kier molecular flexibility index (Phi) is 6.51. The zero-order valence-electron chi connectivity index (χ0n) is 17.0. The van der Waals surface area contributed by atoms with Gasteiger partial charge in [-0.1, -0.05) is 18.2 Å². The molecule has 0 spiro atoms. The molecule has 0 radical (unpaired) electrons. The maximum absolute atomic E-state index is 13.1. The van der Waals surface area contributed by atoms with Gasteiger partial charge in [0.2, 0.25) is 0 Å². The van der Waals surface area contributed by atoms with Crippen LogP contribution < -0.4 is 16.2 Å². The Bertz CT molecular complexity index is 1290. The third-order valence-corrected chi connectivity index (χ3v) is 5.68. The molecule has 0 aliphatic heterocycles. The molecule has 2 aromatic heterocycles. The number of hydrogen-bond acceptors (Lipinski definition) is 5. The van der Waals surface area contributed by atoms with E-state index in [0.717, 1.165) is 10.4 Å². The molecule has 2 aromatic carbocycles. The normalized spacial score (nSPS) is 10.3. The molecule has 33 heavy (non-hydrogen) atoms. The number of aromatic nitrogens is 1. The lowest BCUT2D eigenvalue weighted by Gasteiger charge is -2.08. The number of nitrogens with one attached hydrogen (secondary N) is 3. The number of carbonyl (C=O) groups excluding carboxylic acids is 3. The van der Waals surface area contributed by atoms with Crippen molar-refractivity contribution in [3.8, 4) is 10.4 Å². The highest BCUT2D eigenvalue weighted by Gasteiger charge is 2.13. The van der Waals surface area contributed by atoms with Gasteiger partial charge in [0.1, 0.15) is 11.5 Å². The van der Waals surface area contributed by atoms with Gasteiger partial charge >= 0.3 is 0 Å². The number of halogens is 1. The van der Waals surface area contributed by atoms with Gasteiger partial charge < -0.3 is 5.32 Å². The third kappa shape index (κ3) is 5.46. The second-order valence-electron chi connectivity index (χ2n) is 6.83. The lowest BCUT2D eigenvalue weighted by atomic mass is 10.2. The van der Waals surface area contributed by atoms with Gasteiger partial charge in [0.25, 0.3) is 17.7 Å². The zero-order chi connectivity index (χ0) is 23.2. The standard InChI is InChI=1S/C24H17FN4O3S/c25-17-8-4-15(5-9-17)20-12-13-21(33-20)24(32)29-28-22(30)16-6-10-18(11-7-16)27-23(31)19-3-1-2-14-26-19/h1-14H,(H,27,31)(H,28,30)(H,29,32). The van der Waals surface area contributed by atoms with E-state index in [9.17, 15) is 18.8 Å². The minimum absolute atomic E-state index is 0.276. The van der Waals surface area contributed by atoms with Gasteiger partial charge in [-0.3, -0.25) is 30.2 Å². The predicted molar refractivity (Wildman–Crippen MR) is 123 cm³/mol. The van der Waals surface area contributed by atoms with Crippen molar-refractivity contribution in [3.05, 3.63) is 107 Å². The Balaban J connectivity index is 1.32. The maximum Gasteiger partial charge on any atom is 0.279 e. The summed E-state index contributed by atoms with van der Waals surface area (Å²) in [7, 11) is 0. The number of benzene rings is 2. The second kappa shape index (κ2) is 9.84. The number of anilines is 1. The van der Waals surface area contributed by atoms with Gasteiger partial charge in [-0.15, -0.1) is 11.3 Å². The number of rotatable bonds is 5. The van der Waals surface area contributed by atoms with Gasteiger partial charge in [-0.05, 0) is 66.2 Å². The fraction of sp³-hybridized carbons (Fsp3) is 0. The molecule has 0 atom stereocenters. The fourth-order valence-corrected chi connectivity index (χ4v) is 3.78. The van der Waals surface area contributed by atoms with Crippen LogP contribution >= 0.6 is 11.3 Å². The summed E-state index contributed by atoms with van der Waals surface area (Å²) >= 11 is 1.22. The second-order valence-corrected chi connectivity index (χ2v) is 7.91. The van der Waals surface area contributed by atoms with Crippen LogP contribution in [0.5, 0.6) is 0 Å². The van der Waals surface area contributed by atoms with Crippen LogP contribution in [0.25, 0.3) is 10.4 Å². The molecular weight excluding hydrogens is 443 g/mol. The van der Waals surface area contributed by atoms with Crippen molar-refractivity contribution >= 4 is 34.7 Å². The van der Waals surface area contributed by atoms with E-state index in [-0.39, 0.29) is 17.4 Å². The minimum atomic E-state index is -0.513. The van der Waals surface area contributed by atoms with Crippen LogP contribution in [0.3, 0.4) is 0 Å². The number of hydrogen-bond donors (Lipinski definition) is 3. The number of thiophene rings is 1. The van der Waals surface area contributed by atoms with Crippen LogP contribution in [-0.2, 0) is 0 Å². The van der Waals surface area contributed by atoms with Crippen LogP contribution in [-0.4, -0.2) is 22.7 Å². The molecule has 7 nitrogen and oxygen atoms in total. The van der Waals surface area contributed by atoms with Crippen molar-refractivity contribution in [1.82, 2.24) is 15.8 Å². The summed E-state index contributed by atoms with van der Waals surface area (Å²) in [5.41, 5.74) is 6.60. The van der Waals surface area contributed by atoms with Crippen LogP contribution in [0.4, 0.5) is 10.1 Å². The average molecular weight is 460 g/mol. The molecule has 9 heteroatoms. The number of pyridine rings is 1. The lowest BCUT2D eigenvalue weighted by Crippen LogP contribution is -2.41. The summed E-state index contributed by atoms with van der Waals surface area (Å²) in [5, 5.41) is 2.69. The van der Waals surface area contributed by atoms with E-state index < -0.39 is 11.8 Å². The molecular formula is C24H17FN4O3S. The Labute approximate surface area is 192 Å². The van der Waals surface area contributed by atoms with Gasteiger partial charge in [0.05, 0.1) is 4.88 Å². The Morgan fingerprint density at radius 3 is 2.18 bits per heavy atom. The van der Waals surface area contributed by atoms with Crippen molar-refractivity contribution in [2.24, 2.45) is 0 Å². The van der Waals surface area contributed by atoms with E-state index in [1.54, 1.807) is 54.6 Å². The fourth-order valence-electron chi connectivity index (χ4n) is 2.87. The summed E-state index contributed by atoms with van der Waals surface area (Å²) in [4.78, 5) is 42.0. The lowest BCUT2D eigenvalue weighted by molar-refractivity contribution is 0.0849. The highest BCUT2D eigenvalue weighted by molar-refractivity contribution is 7.17. The number of carbonyl (C=O) groups is 3. The summed E-state index contributed by atoms with van der Waals surface area (Å²) in [5.74, 6) is -1.68. The summed E-state index contributed by atoms with van der Waals surface area (Å²) in [6.45, 7) is 0. The SMILES string of the molecule is O=C(NNC(=O)c1ccc(-c2ccc(F)cc2)s1)c1ccc(NC(=O)c2ccccn2)cc1. The average Bonchev–Trinajstić information content (AvgIpc) is 3.34. The molecule has 4 aromatic rings. The first kappa shape index (κ1) is 21.8. The number of amides is 3. The van der Waals surface area contributed by atoms with Crippen molar-refractivity contribution in [3.63, 3.8) is 0 Å². The van der Waals surface area contributed by atoms with Crippen molar-refractivity contribution in [2.75, 3.05) is 5.32 Å². The zero-order valence-corrected chi connectivity index (χ0v) is 17.9. The summed E-state index contributed by atoms with van der Waals surface area (Å²) in [6.07, 6.45) is 1.52. The molecule has 0 unspecified atom stereocenters. The van der Waals surface area contributed by atoms with E-state index in [0.29, 0.717) is 16.1 Å². The highest BCUT2D eigenvalue weighted by Crippen LogP contribution is 2.28. The molecule has 0 aliphatic rings. The van der Waals surface area contributed by atoms with Crippen molar-refractivity contribution in [1.29, 1.82) is 0 Å². The Morgan fingerprint density at radius 1 is 0.758 bits per heavy atom. The Hall–Kier alpha value is -4.37. The van der Waals surface area contributed by atoms with E-state index in [1.807, 2.05) is 0 Å². The molecule has 0 bridgehead atoms. The van der Waals surface area contributed by atoms with E-state index in [4.69, 9.17) is 0 Å². The largest absolute Gasteiger partial charge is 0.321 e. The first-order valence-corrected chi connectivity index (χ1v) is 10.6. The summed E-state index contributed by atoms with van der Waals surface area (Å²) < 4.78 is 13.1. The molecule has 0 fully saturated rings. The number of nitrogens with zero attached hydrogens (tertiary/aromatic N) is 1. The van der Waals surface area contributed by atoms with Gasteiger partial charge in [0, 0.05) is 22.3 Å². The third-order valence-electron chi connectivity index (χ3n) is 4.55. The van der Waals surface area contributed by atoms with Crippen LogP contribution in [0.1, 0.15) is 30.5 Å². The molecule has 2 heterocycles. The van der Waals surface area contributed by atoms with E-state index in [2.05, 4.69) is 21.2 Å². The first-order chi connectivity index (χ1) is 16.0. The molecule has 3 amide bonds. The monoisotopic (exact) mass is 460 g/mol. The van der Waals surface area contributed by atoms with E-state index in [1.165, 1.54) is 41.8 Å². The quantitative estimate of drug-likeness (QED) is 0.387. The minimum Gasteiger partial charge on any atom is -0.321 e. The van der Waals surface area contributed by atoms with Crippen LogP contribution in [0.15, 0.2) is 85.1 Å². The van der Waals surface area contributed by atoms with Gasteiger partial charge in [-0.2, -0.15) is 0 Å². The van der Waals surface area contributed by atoms with Crippen LogP contribution in [0, 0.1) is 5.82 Å². The smallest absolute Gasteiger partial charge is 0.279 e. The first-order valence-electron chi connectivity index (χ1n) is 9.78. The molecule has 3 N–H and O–H groups in total. The topological polar surface area (TPSA) is 100 Å². The molecule has 0 saturated heterocycles. The summed E-state index contributed by atoms with van der Waals surface area (Å²) in [6, 6.07) is 20.6. The van der Waals surface area contributed by atoms with E-state index >= 15 is 0 Å². The number of hydrazine groups is 1. The molecule has 0 aliphatic carbocycles. The van der Waals surface area contributed by atoms with Crippen molar-refractivity contribution in [2.45, 2.75) is 0 Å². The van der Waals surface area contributed by atoms with Crippen LogP contribution in [0.2, 0.25) is 0 Å². The maximum atomic E-state index is 13.1. The molecule has 0 saturated carbocycles. The predicted octanol–water partition coefficient (Wildman–Crippen LogP) is 4.28. The van der Waals surface area contributed by atoms with Gasteiger partial charge in [0.15, 0.2) is 0 Å². The molecule has 4 rings (SSSR count).